The second-order valence-corrected chi connectivity index (χ2v) is 4.78. The zero-order chi connectivity index (χ0) is 11.5. The van der Waals surface area contributed by atoms with E-state index < -0.39 is 0 Å². The lowest BCUT2D eigenvalue weighted by Crippen LogP contribution is -1.92. The van der Waals surface area contributed by atoms with Gasteiger partial charge in [0.15, 0.2) is 0 Å². The molecule has 0 amide bonds. The summed E-state index contributed by atoms with van der Waals surface area (Å²) in [5, 5.41) is 1.15. The van der Waals surface area contributed by atoms with E-state index in [2.05, 4.69) is 0 Å². The summed E-state index contributed by atoms with van der Waals surface area (Å²) in [5.74, 6) is 0. The predicted molar refractivity (Wildman–Crippen MR) is 70.6 cm³/mol. The molecule has 0 spiro atoms. The number of hydrogen-bond donors (Lipinski definition) is 0. The fourth-order valence-electron chi connectivity index (χ4n) is 1.52. The van der Waals surface area contributed by atoms with Gasteiger partial charge in [0, 0.05) is 10.0 Å². The van der Waals surface area contributed by atoms with Crippen LogP contribution in [0.3, 0.4) is 0 Å². The molecule has 2 aromatic rings. The van der Waals surface area contributed by atoms with Crippen molar-refractivity contribution in [3.8, 4) is 0 Å². The third kappa shape index (κ3) is 2.70. The van der Waals surface area contributed by atoms with E-state index in [1.807, 2.05) is 48.5 Å². The molecule has 2 aromatic carbocycles. The summed E-state index contributed by atoms with van der Waals surface area (Å²) in [5.41, 5.74) is 1.94. The van der Waals surface area contributed by atoms with E-state index in [1.165, 1.54) is 0 Å². The molecule has 0 N–H and O–H groups in total. The van der Waals surface area contributed by atoms with E-state index in [0.29, 0.717) is 10.0 Å². The van der Waals surface area contributed by atoms with Gasteiger partial charge in [-0.25, -0.2) is 0 Å². The van der Waals surface area contributed by atoms with Gasteiger partial charge in [0.05, 0.1) is 5.38 Å². The monoisotopic (exact) mass is 270 g/mol. The zero-order valence-corrected chi connectivity index (χ0v) is 10.6. The van der Waals surface area contributed by atoms with Crippen LogP contribution in [0.2, 0.25) is 10.0 Å². The predicted octanol–water partition coefficient (Wildman–Crippen LogP) is 5.32. The van der Waals surface area contributed by atoms with Crippen LogP contribution in [0.5, 0.6) is 0 Å². The molecule has 0 heterocycles. The van der Waals surface area contributed by atoms with Gasteiger partial charge in [-0.1, -0.05) is 47.5 Å². The van der Waals surface area contributed by atoms with Crippen LogP contribution < -0.4 is 0 Å². The second kappa shape index (κ2) is 5.09. The summed E-state index contributed by atoms with van der Waals surface area (Å²) < 4.78 is 0. The third-order valence-electron chi connectivity index (χ3n) is 2.28. The Labute approximate surface area is 110 Å². The Morgan fingerprint density at radius 3 is 1.56 bits per heavy atom. The fourth-order valence-corrected chi connectivity index (χ4v) is 2.19. The second-order valence-electron chi connectivity index (χ2n) is 3.47. The fraction of sp³-hybridized carbons (Fsp3) is 0.0769. The molecule has 0 aliphatic heterocycles. The highest BCUT2D eigenvalue weighted by Gasteiger charge is 2.10. The first-order chi connectivity index (χ1) is 7.66. The van der Waals surface area contributed by atoms with Crippen molar-refractivity contribution in [2.45, 2.75) is 5.38 Å². The molecule has 0 aliphatic carbocycles. The lowest BCUT2D eigenvalue weighted by Gasteiger charge is -2.10. The van der Waals surface area contributed by atoms with Crippen LogP contribution in [0.4, 0.5) is 0 Å². The van der Waals surface area contributed by atoms with E-state index in [-0.39, 0.29) is 5.38 Å². The molecule has 0 radical (unpaired) electrons. The van der Waals surface area contributed by atoms with Gasteiger partial charge in [0.2, 0.25) is 0 Å². The van der Waals surface area contributed by atoms with Gasteiger partial charge >= 0.3 is 0 Å². The maximum atomic E-state index is 6.36. The molecule has 16 heavy (non-hydrogen) atoms. The molecule has 0 fully saturated rings. The molecular weight excluding hydrogens is 263 g/mol. The molecule has 0 saturated heterocycles. The van der Waals surface area contributed by atoms with Gasteiger partial charge in [-0.3, -0.25) is 0 Å². The van der Waals surface area contributed by atoms with Gasteiger partial charge in [-0.2, -0.15) is 0 Å². The Balaban J connectivity index is 2.35. The smallest absolute Gasteiger partial charge is 0.0836 e. The van der Waals surface area contributed by atoms with E-state index in [0.717, 1.165) is 11.1 Å². The number of alkyl halides is 1. The first-order valence-electron chi connectivity index (χ1n) is 4.82. The zero-order valence-electron chi connectivity index (χ0n) is 8.33. The van der Waals surface area contributed by atoms with Crippen LogP contribution in [-0.2, 0) is 0 Å². The first-order valence-corrected chi connectivity index (χ1v) is 6.01. The molecule has 0 aliphatic rings. The summed E-state index contributed by atoms with van der Waals surface area (Å²) in [6, 6.07) is 15.0. The lowest BCUT2D eigenvalue weighted by atomic mass is 10.0. The van der Waals surface area contributed by atoms with Gasteiger partial charge < -0.3 is 0 Å². The quantitative estimate of drug-likeness (QED) is 0.648. The Bertz CT molecular complexity index is 449. The highest BCUT2D eigenvalue weighted by molar-refractivity contribution is 6.31. The van der Waals surface area contributed by atoms with Gasteiger partial charge in [-0.15, -0.1) is 11.6 Å². The van der Waals surface area contributed by atoms with Gasteiger partial charge in [0.1, 0.15) is 0 Å². The SMILES string of the molecule is Clc1cccc(C(Cl)c2cccc(Cl)c2)c1. The van der Waals surface area contributed by atoms with Crippen molar-refractivity contribution in [3.63, 3.8) is 0 Å². The van der Waals surface area contributed by atoms with E-state index in [9.17, 15) is 0 Å². The number of hydrogen-bond acceptors (Lipinski definition) is 0. The standard InChI is InChI=1S/C13H9Cl3/c14-11-5-1-3-9(7-11)13(16)10-4-2-6-12(15)8-10/h1-8,13H. The average molecular weight is 272 g/mol. The minimum atomic E-state index is -0.225. The van der Waals surface area contributed by atoms with Crippen molar-refractivity contribution in [1.82, 2.24) is 0 Å². The van der Waals surface area contributed by atoms with Crippen molar-refractivity contribution < 1.29 is 0 Å². The van der Waals surface area contributed by atoms with Crippen molar-refractivity contribution >= 4 is 34.8 Å². The molecule has 0 aromatic heterocycles. The van der Waals surface area contributed by atoms with Gasteiger partial charge in [-0.05, 0) is 35.4 Å². The van der Waals surface area contributed by atoms with E-state index >= 15 is 0 Å². The van der Waals surface area contributed by atoms with Crippen molar-refractivity contribution in [2.75, 3.05) is 0 Å². The molecule has 0 saturated carbocycles. The normalized spacial score (nSPS) is 10.8. The van der Waals surface area contributed by atoms with Gasteiger partial charge in [0.25, 0.3) is 0 Å². The molecular formula is C13H9Cl3. The summed E-state index contributed by atoms with van der Waals surface area (Å²) in [6.07, 6.45) is 0. The van der Waals surface area contributed by atoms with Crippen LogP contribution in [0, 0.1) is 0 Å². The van der Waals surface area contributed by atoms with Crippen molar-refractivity contribution in [1.29, 1.82) is 0 Å². The number of rotatable bonds is 2. The van der Waals surface area contributed by atoms with Crippen LogP contribution in [0.1, 0.15) is 16.5 Å². The third-order valence-corrected chi connectivity index (χ3v) is 3.26. The van der Waals surface area contributed by atoms with Crippen LogP contribution in [0.15, 0.2) is 48.5 Å². The summed E-state index contributed by atoms with van der Waals surface area (Å²) in [4.78, 5) is 0. The molecule has 3 heteroatoms. The topological polar surface area (TPSA) is 0 Å². The highest BCUT2D eigenvalue weighted by atomic mass is 35.5. The largest absolute Gasteiger partial charge is 0.113 e. The summed E-state index contributed by atoms with van der Waals surface area (Å²) >= 11 is 18.2. The number of benzene rings is 2. The maximum Gasteiger partial charge on any atom is 0.0836 e. The molecule has 2 rings (SSSR count). The maximum absolute atomic E-state index is 6.36. The van der Waals surface area contributed by atoms with E-state index in [1.54, 1.807) is 0 Å². The summed E-state index contributed by atoms with van der Waals surface area (Å²) in [7, 11) is 0. The molecule has 0 unspecified atom stereocenters. The summed E-state index contributed by atoms with van der Waals surface area (Å²) in [6.45, 7) is 0. The molecule has 0 nitrogen and oxygen atoms in total. The Morgan fingerprint density at radius 1 is 0.750 bits per heavy atom. The Kier molecular flexibility index (Phi) is 3.75. The first kappa shape index (κ1) is 11.8. The molecule has 82 valence electrons. The minimum Gasteiger partial charge on any atom is -0.113 e. The minimum absolute atomic E-state index is 0.225. The van der Waals surface area contributed by atoms with Crippen LogP contribution in [-0.4, -0.2) is 0 Å². The molecule has 0 bridgehead atoms. The van der Waals surface area contributed by atoms with Crippen LogP contribution >= 0.6 is 34.8 Å². The Morgan fingerprint density at radius 2 is 1.19 bits per heavy atom. The highest BCUT2D eigenvalue weighted by Crippen LogP contribution is 2.31. The number of halogens is 3. The van der Waals surface area contributed by atoms with Crippen molar-refractivity contribution in [2.24, 2.45) is 0 Å². The lowest BCUT2D eigenvalue weighted by molar-refractivity contribution is 1.14. The molecule has 0 atom stereocenters. The Hall–Kier alpha value is -0.690. The van der Waals surface area contributed by atoms with Crippen LogP contribution in [0.25, 0.3) is 0 Å². The van der Waals surface area contributed by atoms with Crippen molar-refractivity contribution in [3.05, 3.63) is 69.7 Å². The average Bonchev–Trinajstić information content (AvgIpc) is 2.28. The van der Waals surface area contributed by atoms with E-state index in [4.69, 9.17) is 34.8 Å².